The van der Waals surface area contributed by atoms with E-state index < -0.39 is 0 Å². The SMILES string of the molecule is CN(C)c1cccc2n[nH]c(C=O)c12. The zero-order valence-corrected chi connectivity index (χ0v) is 8.11. The van der Waals surface area contributed by atoms with Crippen molar-refractivity contribution >= 4 is 22.9 Å². The van der Waals surface area contributed by atoms with E-state index in [0.29, 0.717) is 5.69 Å². The van der Waals surface area contributed by atoms with Gasteiger partial charge in [0.1, 0.15) is 5.69 Å². The molecule has 0 atom stereocenters. The fourth-order valence-corrected chi connectivity index (χ4v) is 1.53. The third-order valence-electron chi connectivity index (χ3n) is 2.19. The van der Waals surface area contributed by atoms with E-state index in [2.05, 4.69) is 10.2 Å². The Labute approximate surface area is 81.5 Å². The fraction of sp³-hybridized carbons (Fsp3) is 0.200. The van der Waals surface area contributed by atoms with Crippen molar-refractivity contribution in [2.24, 2.45) is 0 Å². The van der Waals surface area contributed by atoms with Crippen LogP contribution in [0.3, 0.4) is 0 Å². The van der Waals surface area contributed by atoms with Gasteiger partial charge in [-0.15, -0.1) is 0 Å². The monoisotopic (exact) mass is 189 g/mol. The number of hydrogen-bond acceptors (Lipinski definition) is 3. The van der Waals surface area contributed by atoms with Crippen molar-refractivity contribution in [2.45, 2.75) is 0 Å². The Morgan fingerprint density at radius 2 is 2.21 bits per heavy atom. The first-order valence-electron chi connectivity index (χ1n) is 4.33. The maximum Gasteiger partial charge on any atom is 0.168 e. The van der Waals surface area contributed by atoms with Crippen LogP contribution in [0.2, 0.25) is 0 Å². The normalized spacial score (nSPS) is 10.4. The topological polar surface area (TPSA) is 49.0 Å². The number of hydrogen-bond donors (Lipinski definition) is 1. The molecule has 0 aliphatic heterocycles. The minimum Gasteiger partial charge on any atom is -0.377 e. The van der Waals surface area contributed by atoms with Crippen LogP contribution in [0.1, 0.15) is 10.5 Å². The van der Waals surface area contributed by atoms with E-state index in [1.807, 2.05) is 37.2 Å². The first-order chi connectivity index (χ1) is 6.74. The Morgan fingerprint density at radius 3 is 2.86 bits per heavy atom. The van der Waals surface area contributed by atoms with Gasteiger partial charge in [-0.25, -0.2) is 0 Å². The molecule has 1 N–H and O–H groups in total. The quantitative estimate of drug-likeness (QED) is 0.727. The summed E-state index contributed by atoms with van der Waals surface area (Å²) in [6, 6.07) is 5.77. The molecular formula is C10H11N3O. The molecule has 1 heterocycles. The van der Waals surface area contributed by atoms with Crippen LogP contribution >= 0.6 is 0 Å². The molecule has 0 saturated carbocycles. The number of benzene rings is 1. The highest BCUT2D eigenvalue weighted by Gasteiger charge is 2.09. The summed E-state index contributed by atoms with van der Waals surface area (Å²) in [4.78, 5) is 12.7. The predicted molar refractivity (Wildman–Crippen MR) is 55.8 cm³/mol. The van der Waals surface area contributed by atoms with Crippen molar-refractivity contribution in [2.75, 3.05) is 19.0 Å². The van der Waals surface area contributed by atoms with Crippen LogP contribution in [0.25, 0.3) is 10.9 Å². The Kier molecular flexibility index (Phi) is 1.96. The summed E-state index contributed by atoms with van der Waals surface area (Å²) in [5.74, 6) is 0. The molecular weight excluding hydrogens is 178 g/mol. The van der Waals surface area contributed by atoms with E-state index in [1.54, 1.807) is 0 Å². The van der Waals surface area contributed by atoms with Crippen LogP contribution in [0.4, 0.5) is 5.69 Å². The summed E-state index contributed by atoms with van der Waals surface area (Å²) in [5.41, 5.74) is 2.35. The third-order valence-corrected chi connectivity index (χ3v) is 2.19. The van der Waals surface area contributed by atoms with Gasteiger partial charge in [0, 0.05) is 19.8 Å². The number of rotatable bonds is 2. The number of carbonyl (C=O) groups excluding carboxylic acids is 1. The number of H-pyrrole nitrogens is 1. The summed E-state index contributed by atoms with van der Waals surface area (Å²) in [6.07, 6.45) is 0.794. The fourth-order valence-electron chi connectivity index (χ4n) is 1.53. The molecule has 0 aliphatic rings. The molecule has 2 rings (SSSR count). The van der Waals surface area contributed by atoms with E-state index in [4.69, 9.17) is 0 Å². The van der Waals surface area contributed by atoms with Gasteiger partial charge in [-0.1, -0.05) is 6.07 Å². The number of nitrogens with one attached hydrogen (secondary N) is 1. The van der Waals surface area contributed by atoms with Crippen molar-refractivity contribution in [1.29, 1.82) is 0 Å². The van der Waals surface area contributed by atoms with Crippen molar-refractivity contribution in [3.05, 3.63) is 23.9 Å². The first kappa shape index (κ1) is 8.74. The first-order valence-corrected chi connectivity index (χ1v) is 4.33. The average Bonchev–Trinajstić information content (AvgIpc) is 2.59. The molecule has 0 bridgehead atoms. The van der Waals surface area contributed by atoms with Gasteiger partial charge in [0.05, 0.1) is 10.9 Å². The lowest BCUT2D eigenvalue weighted by atomic mass is 10.1. The minimum absolute atomic E-state index is 0.532. The van der Waals surface area contributed by atoms with E-state index in [-0.39, 0.29) is 0 Å². The molecule has 0 unspecified atom stereocenters. The molecule has 4 heteroatoms. The number of aromatic amines is 1. The molecule has 14 heavy (non-hydrogen) atoms. The molecule has 0 radical (unpaired) electrons. The maximum atomic E-state index is 10.8. The van der Waals surface area contributed by atoms with Gasteiger partial charge in [0.2, 0.25) is 0 Å². The van der Waals surface area contributed by atoms with Gasteiger partial charge in [0.25, 0.3) is 0 Å². The van der Waals surface area contributed by atoms with Gasteiger partial charge in [0.15, 0.2) is 6.29 Å². The lowest BCUT2D eigenvalue weighted by molar-refractivity contribution is 0.112. The van der Waals surface area contributed by atoms with Crippen molar-refractivity contribution in [3.8, 4) is 0 Å². The van der Waals surface area contributed by atoms with Crippen LogP contribution in [-0.2, 0) is 0 Å². The van der Waals surface area contributed by atoms with Gasteiger partial charge >= 0.3 is 0 Å². The van der Waals surface area contributed by atoms with E-state index in [9.17, 15) is 4.79 Å². The molecule has 0 aliphatic carbocycles. The third kappa shape index (κ3) is 1.16. The van der Waals surface area contributed by atoms with Crippen molar-refractivity contribution in [3.63, 3.8) is 0 Å². The van der Waals surface area contributed by atoms with Gasteiger partial charge in [-0.2, -0.15) is 5.10 Å². The van der Waals surface area contributed by atoms with Gasteiger partial charge < -0.3 is 4.90 Å². The summed E-state index contributed by atoms with van der Waals surface area (Å²) in [5, 5.41) is 7.65. The summed E-state index contributed by atoms with van der Waals surface area (Å²) in [7, 11) is 3.88. The Hall–Kier alpha value is -1.84. The number of anilines is 1. The zero-order chi connectivity index (χ0) is 10.1. The van der Waals surface area contributed by atoms with E-state index >= 15 is 0 Å². The Balaban J connectivity index is 2.81. The molecule has 0 spiro atoms. The molecule has 0 saturated heterocycles. The number of carbonyl (C=O) groups is 1. The zero-order valence-electron chi connectivity index (χ0n) is 8.11. The van der Waals surface area contributed by atoms with Crippen LogP contribution < -0.4 is 4.90 Å². The number of nitrogens with zero attached hydrogens (tertiary/aromatic N) is 2. The molecule has 0 fully saturated rings. The molecule has 2 aromatic rings. The standard InChI is InChI=1S/C10H11N3O/c1-13(2)9-5-3-4-7-10(9)8(6-14)12-11-7/h3-6H,1-2H3,(H,11,12). The highest BCUT2D eigenvalue weighted by molar-refractivity contribution is 6.02. The average molecular weight is 189 g/mol. The van der Waals surface area contributed by atoms with Crippen molar-refractivity contribution < 1.29 is 4.79 Å². The smallest absolute Gasteiger partial charge is 0.168 e. The molecule has 1 aromatic heterocycles. The van der Waals surface area contributed by atoms with Crippen LogP contribution in [0, 0.1) is 0 Å². The molecule has 72 valence electrons. The predicted octanol–water partition coefficient (Wildman–Crippen LogP) is 1.44. The highest BCUT2D eigenvalue weighted by Crippen LogP contribution is 2.25. The number of aldehydes is 1. The Bertz CT molecular complexity index is 473. The van der Waals surface area contributed by atoms with Crippen LogP contribution in [-0.4, -0.2) is 30.6 Å². The lowest BCUT2D eigenvalue weighted by Crippen LogP contribution is -2.09. The summed E-state index contributed by atoms with van der Waals surface area (Å²) >= 11 is 0. The summed E-state index contributed by atoms with van der Waals surface area (Å²) in [6.45, 7) is 0. The minimum atomic E-state index is 0.532. The Morgan fingerprint density at radius 1 is 1.43 bits per heavy atom. The van der Waals surface area contributed by atoms with Crippen LogP contribution in [0.15, 0.2) is 18.2 Å². The van der Waals surface area contributed by atoms with E-state index in [1.165, 1.54) is 0 Å². The largest absolute Gasteiger partial charge is 0.377 e. The number of fused-ring (bicyclic) bond motifs is 1. The van der Waals surface area contributed by atoms with Crippen LogP contribution in [0.5, 0.6) is 0 Å². The van der Waals surface area contributed by atoms with Gasteiger partial charge in [-0.05, 0) is 12.1 Å². The molecule has 1 aromatic carbocycles. The van der Waals surface area contributed by atoms with E-state index in [0.717, 1.165) is 22.9 Å². The molecule has 4 nitrogen and oxygen atoms in total. The van der Waals surface area contributed by atoms with Gasteiger partial charge in [-0.3, -0.25) is 9.89 Å². The van der Waals surface area contributed by atoms with Crippen molar-refractivity contribution in [1.82, 2.24) is 10.2 Å². The second kappa shape index (κ2) is 3.14. The second-order valence-corrected chi connectivity index (χ2v) is 3.32. The highest BCUT2D eigenvalue weighted by atomic mass is 16.1. The number of aromatic nitrogens is 2. The second-order valence-electron chi connectivity index (χ2n) is 3.32. The summed E-state index contributed by atoms with van der Waals surface area (Å²) < 4.78 is 0. The molecule has 0 amide bonds. The maximum absolute atomic E-state index is 10.8. The lowest BCUT2D eigenvalue weighted by Gasteiger charge is -2.13.